The summed E-state index contributed by atoms with van der Waals surface area (Å²) in [5, 5.41) is 0.429. The highest BCUT2D eigenvalue weighted by Gasteiger charge is 2.15. The minimum Gasteiger partial charge on any atom is -0.465 e. The average Bonchev–Trinajstić information content (AvgIpc) is 2.30. The Balaban J connectivity index is 2.76. The van der Waals surface area contributed by atoms with Gasteiger partial charge in [0.1, 0.15) is 17.0 Å². The van der Waals surface area contributed by atoms with Crippen molar-refractivity contribution in [1.29, 1.82) is 0 Å². The number of ether oxygens (including phenoxy) is 1. The Morgan fingerprint density at radius 3 is 2.76 bits per heavy atom. The molecule has 0 fully saturated rings. The van der Waals surface area contributed by atoms with Crippen molar-refractivity contribution < 1.29 is 18.3 Å². The van der Waals surface area contributed by atoms with Crippen LogP contribution in [0.15, 0.2) is 31.9 Å². The summed E-state index contributed by atoms with van der Waals surface area (Å²) in [6.07, 6.45) is 0. The van der Waals surface area contributed by atoms with Gasteiger partial charge in [0.05, 0.1) is 11.6 Å². The van der Waals surface area contributed by atoms with E-state index in [1.807, 2.05) is 0 Å². The third-order valence-electron chi connectivity index (χ3n) is 2.18. The maximum Gasteiger partial charge on any atom is 0.351 e. The fourth-order valence-electron chi connectivity index (χ4n) is 1.37. The second kappa shape index (κ2) is 4.29. The molecule has 0 radical (unpaired) electrons. The van der Waals surface area contributed by atoms with Crippen molar-refractivity contribution in [3.05, 3.63) is 44.5 Å². The fraction of sp³-hybridized carbons (Fsp3) is 0.0909. The van der Waals surface area contributed by atoms with Crippen LogP contribution in [0, 0.1) is 5.82 Å². The van der Waals surface area contributed by atoms with Crippen LogP contribution in [0.1, 0.15) is 10.4 Å². The number of hydrogen-bond acceptors (Lipinski definition) is 4. The predicted molar refractivity (Wildman–Crippen MR) is 61.5 cm³/mol. The van der Waals surface area contributed by atoms with Gasteiger partial charge in [-0.3, -0.25) is 0 Å². The van der Waals surface area contributed by atoms with Gasteiger partial charge in [-0.25, -0.2) is 14.0 Å². The van der Waals surface area contributed by atoms with E-state index in [0.717, 1.165) is 13.2 Å². The smallest absolute Gasteiger partial charge is 0.351 e. The molecule has 0 unspecified atom stereocenters. The van der Waals surface area contributed by atoms with Crippen molar-refractivity contribution in [3.8, 4) is 0 Å². The van der Waals surface area contributed by atoms with Crippen LogP contribution in [-0.2, 0) is 4.74 Å². The number of rotatable bonds is 1. The molecule has 88 valence electrons. The molecule has 6 heteroatoms. The van der Waals surface area contributed by atoms with E-state index >= 15 is 0 Å². The number of hydrogen-bond donors (Lipinski definition) is 0. The van der Waals surface area contributed by atoms with Gasteiger partial charge in [-0.2, -0.15) is 0 Å². The van der Waals surface area contributed by atoms with Crippen molar-refractivity contribution >= 4 is 32.9 Å². The Hall–Kier alpha value is -1.69. The molecule has 0 spiro atoms. The molecule has 0 saturated carbocycles. The molecule has 17 heavy (non-hydrogen) atoms. The third-order valence-corrected chi connectivity index (χ3v) is 2.79. The maximum atomic E-state index is 13.2. The third kappa shape index (κ3) is 2.08. The second-order valence-corrected chi connectivity index (χ2v) is 4.10. The van der Waals surface area contributed by atoms with Gasteiger partial charge in [0, 0.05) is 11.5 Å². The van der Waals surface area contributed by atoms with Crippen LogP contribution in [-0.4, -0.2) is 13.1 Å². The normalized spacial score (nSPS) is 10.5. The first-order chi connectivity index (χ1) is 8.02. The van der Waals surface area contributed by atoms with E-state index in [0.29, 0.717) is 5.39 Å². The van der Waals surface area contributed by atoms with Gasteiger partial charge in [0.25, 0.3) is 0 Å². The van der Waals surface area contributed by atoms with E-state index in [1.165, 1.54) is 12.1 Å². The Labute approximate surface area is 103 Å². The van der Waals surface area contributed by atoms with Gasteiger partial charge in [-0.15, -0.1) is 0 Å². The van der Waals surface area contributed by atoms with Gasteiger partial charge in [-0.05, 0) is 28.1 Å². The van der Waals surface area contributed by atoms with Crippen molar-refractivity contribution in [2.45, 2.75) is 0 Å². The van der Waals surface area contributed by atoms with Crippen molar-refractivity contribution in [2.24, 2.45) is 0 Å². The highest BCUT2D eigenvalue weighted by molar-refractivity contribution is 9.10. The molecular formula is C11H6BrFO4. The first-order valence-corrected chi connectivity index (χ1v) is 5.33. The van der Waals surface area contributed by atoms with Crippen LogP contribution in [0.4, 0.5) is 4.39 Å². The lowest BCUT2D eigenvalue weighted by atomic mass is 10.2. The zero-order valence-electron chi connectivity index (χ0n) is 8.62. The number of benzene rings is 1. The Morgan fingerprint density at radius 1 is 1.41 bits per heavy atom. The second-order valence-electron chi connectivity index (χ2n) is 3.24. The van der Waals surface area contributed by atoms with Crippen LogP contribution in [0.5, 0.6) is 0 Å². The summed E-state index contributed by atoms with van der Waals surface area (Å²) in [7, 11) is 1.16. The van der Waals surface area contributed by atoms with E-state index in [2.05, 4.69) is 20.7 Å². The topological polar surface area (TPSA) is 56.5 Å². The Bertz CT molecular complexity index is 662. The highest BCUT2D eigenvalue weighted by atomic mass is 79.9. The molecule has 0 atom stereocenters. The quantitative estimate of drug-likeness (QED) is 0.600. The molecule has 4 nitrogen and oxygen atoms in total. The highest BCUT2D eigenvalue weighted by Crippen LogP contribution is 2.23. The van der Waals surface area contributed by atoms with Crippen LogP contribution in [0.25, 0.3) is 11.0 Å². The molecule has 0 N–H and O–H groups in total. The summed E-state index contributed by atoms with van der Waals surface area (Å²) >= 11 is 3.00. The average molecular weight is 301 g/mol. The number of esters is 1. The minimum absolute atomic E-state index is 0.0725. The zero-order valence-corrected chi connectivity index (χ0v) is 10.2. The fourth-order valence-corrected chi connectivity index (χ4v) is 1.73. The molecule has 1 aromatic heterocycles. The number of carbonyl (C=O) groups is 1. The van der Waals surface area contributed by atoms with Crippen LogP contribution < -0.4 is 5.63 Å². The van der Waals surface area contributed by atoms with Gasteiger partial charge in [-0.1, -0.05) is 0 Å². The summed E-state index contributed by atoms with van der Waals surface area (Å²) in [6, 6.07) is 3.79. The first kappa shape index (κ1) is 11.8. The summed E-state index contributed by atoms with van der Waals surface area (Å²) < 4.78 is 22.7. The maximum absolute atomic E-state index is 13.2. The molecule has 0 amide bonds. The minimum atomic E-state index is -0.855. The van der Waals surface area contributed by atoms with E-state index in [-0.39, 0.29) is 15.6 Å². The molecule has 1 heterocycles. The van der Waals surface area contributed by atoms with E-state index in [4.69, 9.17) is 4.42 Å². The summed E-state index contributed by atoms with van der Waals surface area (Å²) in [5.74, 6) is -1.34. The molecule has 0 saturated heterocycles. The van der Waals surface area contributed by atoms with Crippen molar-refractivity contribution in [3.63, 3.8) is 0 Å². The SMILES string of the molecule is COC(=O)c1cc2cc(Br)c(F)cc2oc1=O. The van der Waals surface area contributed by atoms with E-state index in [1.54, 1.807) is 0 Å². The molecule has 1 aromatic carbocycles. The monoisotopic (exact) mass is 300 g/mol. The van der Waals surface area contributed by atoms with E-state index < -0.39 is 17.4 Å². The molecule has 0 bridgehead atoms. The van der Waals surface area contributed by atoms with Gasteiger partial charge in [0.2, 0.25) is 0 Å². The number of methoxy groups -OCH3 is 1. The standard InChI is InChI=1S/C11H6BrFO4/c1-16-10(14)6-2-5-3-7(12)8(13)4-9(5)17-11(6)15/h2-4H,1H3. The first-order valence-electron chi connectivity index (χ1n) is 4.54. The molecule has 0 aliphatic carbocycles. The molecule has 2 aromatic rings. The molecule has 0 aliphatic rings. The summed E-state index contributed by atoms with van der Waals surface area (Å²) in [6.45, 7) is 0. The largest absolute Gasteiger partial charge is 0.465 e. The summed E-state index contributed by atoms with van der Waals surface area (Å²) in [5.41, 5.74) is -1.01. The van der Waals surface area contributed by atoms with Crippen molar-refractivity contribution in [2.75, 3.05) is 7.11 Å². The summed E-state index contributed by atoms with van der Waals surface area (Å²) in [4.78, 5) is 22.7. The number of carbonyl (C=O) groups excluding carboxylic acids is 1. The van der Waals surface area contributed by atoms with Crippen LogP contribution in [0.2, 0.25) is 0 Å². The molecular weight excluding hydrogens is 295 g/mol. The van der Waals surface area contributed by atoms with Gasteiger partial charge >= 0.3 is 11.6 Å². The van der Waals surface area contributed by atoms with Crippen LogP contribution in [0.3, 0.4) is 0 Å². The van der Waals surface area contributed by atoms with E-state index in [9.17, 15) is 14.0 Å². The van der Waals surface area contributed by atoms with Crippen LogP contribution >= 0.6 is 15.9 Å². The number of halogens is 2. The van der Waals surface area contributed by atoms with Crippen molar-refractivity contribution in [1.82, 2.24) is 0 Å². The lowest BCUT2D eigenvalue weighted by Gasteiger charge is -2.01. The zero-order chi connectivity index (χ0) is 12.6. The molecule has 0 aliphatic heterocycles. The predicted octanol–water partition coefficient (Wildman–Crippen LogP) is 2.48. The Kier molecular flexibility index (Phi) is 2.97. The number of fused-ring (bicyclic) bond motifs is 1. The van der Waals surface area contributed by atoms with Gasteiger partial charge in [0.15, 0.2) is 0 Å². The lowest BCUT2D eigenvalue weighted by Crippen LogP contribution is -2.14. The molecule has 2 rings (SSSR count). The van der Waals surface area contributed by atoms with Gasteiger partial charge < -0.3 is 9.15 Å². The Morgan fingerprint density at radius 2 is 2.12 bits per heavy atom. The lowest BCUT2D eigenvalue weighted by molar-refractivity contribution is 0.0596.